The second-order valence-corrected chi connectivity index (χ2v) is 4.73. The summed E-state index contributed by atoms with van der Waals surface area (Å²) in [4.78, 5) is 2.38. The summed E-state index contributed by atoms with van der Waals surface area (Å²) in [6.07, 6.45) is 0. The Kier molecular flexibility index (Phi) is 2.93. The van der Waals surface area contributed by atoms with Crippen molar-refractivity contribution in [1.82, 2.24) is 0 Å². The predicted octanol–water partition coefficient (Wildman–Crippen LogP) is 3.60. The molecule has 3 heteroatoms. The number of thiophene rings is 1. The van der Waals surface area contributed by atoms with Gasteiger partial charge in [0.05, 0.1) is 18.7 Å². The maximum absolute atomic E-state index is 8.89. The lowest BCUT2D eigenvalue weighted by molar-refractivity contribution is 0.416. The van der Waals surface area contributed by atoms with Crippen LogP contribution in [0.4, 0.5) is 0 Å². The number of hydrogen-bond acceptors (Lipinski definition) is 3. The van der Waals surface area contributed by atoms with Crippen LogP contribution in [-0.2, 0) is 0 Å². The molecule has 0 radical (unpaired) electrons. The standard InChI is InChI=1S/C13H11NOS/c1-9-3-6-13(16-9)11-7-10(8-14)4-5-12(11)15-2/h3-7H,1-2H3. The summed E-state index contributed by atoms with van der Waals surface area (Å²) in [6.45, 7) is 2.06. The zero-order chi connectivity index (χ0) is 11.5. The number of nitriles is 1. The quantitative estimate of drug-likeness (QED) is 0.788. The van der Waals surface area contributed by atoms with Crippen LogP contribution in [0, 0.1) is 18.3 Å². The zero-order valence-corrected chi connectivity index (χ0v) is 9.97. The third kappa shape index (κ3) is 1.93. The van der Waals surface area contributed by atoms with E-state index >= 15 is 0 Å². The first-order chi connectivity index (χ1) is 7.74. The van der Waals surface area contributed by atoms with Gasteiger partial charge in [-0.3, -0.25) is 0 Å². The highest BCUT2D eigenvalue weighted by molar-refractivity contribution is 7.15. The molecule has 0 aliphatic carbocycles. The monoisotopic (exact) mass is 229 g/mol. The van der Waals surface area contributed by atoms with Crippen LogP contribution < -0.4 is 4.74 Å². The molecule has 0 unspecified atom stereocenters. The van der Waals surface area contributed by atoms with E-state index in [9.17, 15) is 0 Å². The normalized spacial score (nSPS) is 9.81. The van der Waals surface area contributed by atoms with E-state index in [0.717, 1.165) is 16.2 Å². The summed E-state index contributed by atoms with van der Waals surface area (Å²) in [5, 5.41) is 8.89. The van der Waals surface area contributed by atoms with Crippen LogP contribution in [0.3, 0.4) is 0 Å². The van der Waals surface area contributed by atoms with E-state index in [2.05, 4.69) is 25.1 Å². The van der Waals surface area contributed by atoms with Gasteiger partial charge in [-0.15, -0.1) is 11.3 Å². The molecule has 0 aliphatic rings. The highest BCUT2D eigenvalue weighted by atomic mass is 32.1. The van der Waals surface area contributed by atoms with Crippen molar-refractivity contribution in [2.24, 2.45) is 0 Å². The van der Waals surface area contributed by atoms with Gasteiger partial charge in [0.15, 0.2) is 0 Å². The van der Waals surface area contributed by atoms with Crippen LogP contribution in [0.25, 0.3) is 10.4 Å². The number of ether oxygens (including phenoxy) is 1. The van der Waals surface area contributed by atoms with Crippen LogP contribution >= 0.6 is 11.3 Å². The highest BCUT2D eigenvalue weighted by Gasteiger charge is 2.08. The van der Waals surface area contributed by atoms with Gasteiger partial charge >= 0.3 is 0 Å². The number of methoxy groups -OCH3 is 1. The van der Waals surface area contributed by atoms with Crippen molar-refractivity contribution >= 4 is 11.3 Å². The Bertz CT molecular complexity index is 551. The first-order valence-corrected chi connectivity index (χ1v) is 5.71. The Balaban J connectivity index is 2.57. The number of rotatable bonds is 2. The summed E-state index contributed by atoms with van der Waals surface area (Å²) >= 11 is 1.70. The van der Waals surface area contributed by atoms with E-state index < -0.39 is 0 Å². The van der Waals surface area contributed by atoms with Crippen LogP contribution in [0.1, 0.15) is 10.4 Å². The zero-order valence-electron chi connectivity index (χ0n) is 9.15. The van der Waals surface area contributed by atoms with E-state index in [4.69, 9.17) is 10.00 Å². The SMILES string of the molecule is COc1ccc(C#N)cc1-c1ccc(C)s1. The summed E-state index contributed by atoms with van der Waals surface area (Å²) < 4.78 is 5.31. The summed E-state index contributed by atoms with van der Waals surface area (Å²) in [5.74, 6) is 0.806. The highest BCUT2D eigenvalue weighted by Crippen LogP contribution is 2.35. The lowest BCUT2D eigenvalue weighted by Crippen LogP contribution is -1.87. The Morgan fingerprint density at radius 2 is 2.06 bits per heavy atom. The first-order valence-electron chi connectivity index (χ1n) is 4.89. The van der Waals surface area contributed by atoms with Crippen molar-refractivity contribution in [3.63, 3.8) is 0 Å². The Morgan fingerprint density at radius 3 is 2.62 bits per heavy atom. The van der Waals surface area contributed by atoms with Gasteiger partial charge in [-0.1, -0.05) is 0 Å². The molecule has 0 atom stereocenters. The second-order valence-electron chi connectivity index (χ2n) is 3.44. The second kappa shape index (κ2) is 4.38. The van der Waals surface area contributed by atoms with Gasteiger partial charge in [0.1, 0.15) is 5.75 Å². The van der Waals surface area contributed by atoms with Gasteiger partial charge in [-0.2, -0.15) is 5.26 Å². The first kappa shape index (κ1) is 10.7. The minimum atomic E-state index is 0.654. The van der Waals surface area contributed by atoms with E-state index in [1.165, 1.54) is 4.88 Å². The number of aryl methyl sites for hydroxylation is 1. The van der Waals surface area contributed by atoms with Crippen LogP contribution in [0.5, 0.6) is 5.75 Å². The van der Waals surface area contributed by atoms with Gasteiger partial charge in [0.25, 0.3) is 0 Å². The van der Waals surface area contributed by atoms with Crippen LogP contribution in [0.15, 0.2) is 30.3 Å². The smallest absolute Gasteiger partial charge is 0.127 e. The molecular weight excluding hydrogens is 218 g/mol. The van der Waals surface area contributed by atoms with E-state index in [1.807, 2.05) is 12.1 Å². The lowest BCUT2D eigenvalue weighted by atomic mass is 10.1. The molecule has 0 aliphatic heterocycles. The Morgan fingerprint density at radius 1 is 1.25 bits per heavy atom. The molecule has 2 rings (SSSR count). The Labute approximate surface area is 98.7 Å². The summed E-state index contributed by atoms with van der Waals surface area (Å²) in [6, 6.07) is 11.7. The molecule has 1 aromatic carbocycles. The maximum atomic E-state index is 8.89. The van der Waals surface area contributed by atoms with Gasteiger partial charge < -0.3 is 4.74 Å². The molecule has 0 saturated heterocycles. The summed E-state index contributed by atoms with van der Waals surface area (Å²) in [5.41, 5.74) is 1.64. The van der Waals surface area contributed by atoms with E-state index in [0.29, 0.717) is 5.56 Å². The topological polar surface area (TPSA) is 33.0 Å². The minimum absolute atomic E-state index is 0.654. The van der Waals surface area contributed by atoms with Crippen molar-refractivity contribution in [3.8, 4) is 22.3 Å². The average molecular weight is 229 g/mol. The van der Waals surface area contributed by atoms with Crippen molar-refractivity contribution in [3.05, 3.63) is 40.8 Å². The minimum Gasteiger partial charge on any atom is -0.496 e. The number of nitrogens with zero attached hydrogens (tertiary/aromatic N) is 1. The molecular formula is C13H11NOS. The van der Waals surface area contributed by atoms with Gasteiger partial charge in [-0.25, -0.2) is 0 Å². The molecule has 0 N–H and O–H groups in total. The molecule has 1 aromatic heterocycles. The van der Waals surface area contributed by atoms with Gasteiger partial charge in [0.2, 0.25) is 0 Å². The molecule has 0 spiro atoms. The molecule has 80 valence electrons. The fourth-order valence-corrected chi connectivity index (χ4v) is 2.44. The van der Waals surface area contributed by atoms with Crippen LogP contribution in [0.2, 0.25) is 0 Å². The van der Waals surface area contributed by atoms with E-state index in [1.54, 1.807) is 24.5 Å². The van der Waals surface area contributed by atoms with Gasteiger partial charge in [-0.05, 0) is 37.3 Å². The van der Waals surface area contributed by atoms with Crippen molar-refractivity contribution in [2.75, 3.05) is 7.11 Å². The van der Waals surface area contributed by atoms with Crippen molar-refractivity contribution < 1.29 is 4.74 Å². The number of benzene rings is 1. The van der Waals surface area contributed by atoms with Crippen molar-refractivity contribution in [1.29, 1.82) is 5.26 Å². The number of hydrogen-bond donors (Lipinski definition) is 0. The fraction of sp³-hybridized carbons (Fsp3) is 0.154. The predicted molar refractivity (Wildman–Crippen MR) is 65.8 cm³/mol. The molecule has 0 bridgehead atoms. The molecule has 0 amide bonds. The van der Waals surface area contributed by atoms with Crippen LogP contribution in [-0.4, -0.2) is 7.11 Å². The fourth-order valence-electron chi connectivity index (χ4n) is 1.55. The third-order valence-electron chi connectivity index (χ3n) is 2.33. The lowest BCUT2D eigenvalue weighted by Gasteiger charge is -2.06. The Hall–Kier alpha value is -1.79. The van der Waals surface area contributed by atoms with Gasteiger partial charge in [0, 0.05) is 15.3 Å². The third-order valence-corrected chi connectivity index (χ3v) is 3.37. The molecule has 16 heavy (non-hydrogen) atoms. The van der Waals surface area contributed by atoms with E-state index in [-0.39, 0.29) is 0 Å². The average Bonchev–Trinajstić information content (AvgIpc) is 2.75. The molecule has 1 heterocycles. The molecule has 0 saturated carbocycles. The summed E-state index contributed by atoms with van der Waals surface area (Å²) in [7, 11) is 1.64. The maximum Gasteiger partial charge on any atom is 0.127 e. The largest absolute Gasteiger partial charge is 0.496 e. The molecule has 0 fully saturated rings. The molecule has 2 nitrogen and oxygen atoms in total. The molecule has 2 aromatic rings. The van der Waals surface area contributed by atoms with Crippen molar-refractivity contribution in [2.45, 2.75) is 6.92 Å².